The van der Waals surface area contributed by atoms with Crippen molar-refractivity contribution in [2.24, 2.45) is 5.73 Å². The van der Waals surface area contributed by atoms with Gasteiger partial charge in [0.2, 0.25) is 0 Å². The molecule has 0 aromatic heterocycles. The van der Waals surface area contributed by atoms with E-state index in [1.807, 2.05) is 18.2 Å². The number of hydrogen-bond donors (Lipinski definition) is 1. The lowest BCUT2D eigenvalue weighted by atomic mass is 10.1. The molecule has 0 bridgehead atoms. The molecule has 24 heavy (non-hydrogen) atoms. The van der Waals surface area contributed by atoms with Crippen LogP contribution in [-0.4, -0.2) is 26.9 Å². The summed E-state index contributed by atoms with van der Waals surface area (Å²) in [6.45, 7) is 1.09. The van der Waals surface area contributed by atoms with E-state index in [9.17, 15) is 0 Å². The molecular weight excluding hydrogens is 373 g/mol. The van der Waals surface area contributed by atoms with Crippen LogP contribution in [0.15, 0.2) is 30.3 Å². The Bertz CT molecular complexity index is 672. The van der Waals surface area contributed by atoms with Crippen LogP contribution in [0.4, 0.5) is 0 Å². The Morgan fingerprint density at radius 2 is 1.58 bits per heavy atom. The van der Waals surface area contributed by atoms with Crippen LogP contribution in [0.3, 0.4) is 0 Å². The summed E-state index contributed by atoms with van der Waals surface area (Å²) in [5.74, 6) is 1.71. The zero-order chi connectivity index (χ0) is 17.5. The third-order valence-electron chi connectivity index (χ3n) is 3.23. The van der Waals surface area contributed by atoms with Gasteiger partial charge in [0.1, 0.15) is 13.2 Å². The van der Waals surface area contributed by atoms with E-state index in [-0.39, 0.29) is 6.61 Å². The zero-order valence-electron chi connectivity index (χ0n) is 13.2. The van der Waals surface area contributed by atoms with Gasteiger partial charge in [-0.3, -0.25) is 0 Å². The van der Waals surface area contributed by atoms with Crippen molar-refractivity contribution in [3.8, 4) is 17.2 Å². The summed E-state index contributed by atoms with van der Waals surface area (Å²) in [6.07, 6.45) is 0.697. The predicted molar refractivity (Wildman–Crippen MR) is 98.2 cm³/mol. The van der Waals surface area contributed by atoms with Gasteiger partial charge in [-0.05, 0) is 36.7 Å². The summed E-state index contributed by atoms with van der Waals surface area (Å²) in [6, 6.07) is 8.84. The predicted octanol–water partition coefficient (Wildman–Crippen LogP) is 4.61. The van der Waals surface area contributed by atoms with Crippen LogP contribution >= 0.6 is 34.8 Å². The minimum atomic E-state index is 0.265. The van der Waals surface area contributed by atoms with Crippen LogP contribution in [-0.2, 0) is 6.42 Å². The van der Waals surface area contributed by atoms with Gasteiger partial charge in [-0.2, -0.15) is 0 Å². The summed E-state index contributed by atoms with van der Waals surface area (Å²) in [5.41, 5.74) is 6.62. The second-order valence-corrected chi connectivity index (χ2v) is 6.13. The van der Waals surface area contributed by atoms with Crippen LogP contribution in [0, 0.1) is 0 Å². The van der Waals surface area contributed by atoms with Crippen molar-refractivity contribution in [1.29, 1.82) is 0 Å². The fourth-order valence-electron chi connectivity index (χ4n) is 2.19. The standard InChI is InChI=1S/C17H18Cl3NO3/c1-22-15-4-2-3-11(5-6-21)16(15)23-7-8-24-17-13(19)9-12(18)10-14(17)20/h2-4,9-10H,5-8,21H2,1H3. The van der Waals surface area contributed by atoms with Gasteiger partial charge < -0.3 is 19.9 Å². The summed E-state index contributed by atoms with van der Waals surface area (Å²) in [4.78, 5) is 0. The van der Waals surface area contributed by atoms with Crippen molar-refractivity contribution >= 4 is 34.8 Å². The average Bonchev–Trinajstić information content (AvgIpc) is 2.54. The molecule has 2 aromatic rings. The molecule has 2 rings (SSSR count). The van der Waals surface area contributed by atoms with Gasteiger partial charge in [0, 0.05) is 5.02 Å². The molecule has 0 aliphatic heterocycles. The Morgan fingerprint density at radius 1 is 0.958 bits per heavy atom. The molecule has 2 aromatic carbocycles. The van der Waals surface area contributed by atoms with Gasteiger partial charge in [-0.1, -0.05) is 46.9 Å². The first-order chi connectivity index (χ1) is 11.6. The molecule has 4 nitrogen and oxygen atoms in total. The molecule has 2 N–H and O–H groups in total. The van der Waals surface area contributed by atoms with Crippen LogP contribution in [0.25, 0.3) is 0 Å². The van der Waals surface area contributed by atoms with Crippen LogP contribution < -0.4 is 19.9 Å². The number of nitrogens with two attached hydrogens (primary N) is 1. The van der Waals surface area contributed by atoms with Crippen molar-refractivity contribution in [1.82, 2.24) is 0 Å². The van der Waals surface area contributed by atoms with Gasteiger partial charge in [-0.15, -0.1) is 0 Å². The van der Waals surface area contributed by atoms with Crippen molar-refractivity contribution in [2.45, 2.75) is 6.42 Å². The minimum absolute atomic E-state index is 0.265. The van der Waals surface area contributed by atoms with Crippen molar-refractivity contribution < 1.29 is 14.2 Å². The fourth-order valence-corrected chi connectivity index (χ4v) is 3.12. The van der Waals surface area contributed by atoms with E-state index < -0.39 is 0 Å². The van der Waals surface area contributed by atoms with Gasteiger partial charge >= 0.3 is 0 Å². The maximum absolute atomic E-state index is 6.08. The van der Waals surface area contributed by atoms with Gasteiger partial charge in [0.25, 0.3) is 0 Å². The van der Waals surface area contributed by atoms with Crippen molar-refractivity contribution in [2.75, 3.05) is 26.9 Å². The van der Waals surface area contributed by atoms with Gasteiger partial charge in [0.15, 0.2) is 17.2 Å². The molecule has 0 amide bonds. The third-order valence-corrected chi connectivity index (χ3v) is 4.01. The first-order valence-corrected chi connectivity index (χ1v) is 8.46. The zero-order valence-corrected chi connectivity index (χ0v) is 15.4. The van der Waals surface area contributed by atoms with Crippen LogP contribution in [0.5, 0.6) is 17.2 Å². The fraction of sp³-hybridized carbons (Fsp3) is 0.294. The smallest absolute Gasteiger partial charge is 0.164 e. The highest BCUT2D eigenvalue weighted by molar-refractivity contribution is 6.40. The summed E-state index contributed by atoms with van der Waals surface area (Å²) < 4.78 is 16.8. The van der Waals surface area contributed by atoms with E-state index >= 15 is 0 Å². The summed E-state index contributed by atoms with van der Waals surface area (Å²) in [7, 11) is 1.60. The molecule has 0 atom stereocenters. The average molecular weight is 391 g/mol. The molecule has 0 spiro atoms. The third kappa shape index (κ3) is 4.84. The highest BCUT2D eigenvalue weighted by atomic mass is 35.5. The van der Waals surface area contributed by atoms with Gasteiger partial charge in [0.05, 0.1) is 17.2 Å². The number of halogens is 3. The number of hydrogen-bond acceptors (Lipinski definition) is 4. The summed E-state index contributed by atoms with van der Waals surface area (Å²) in [5, 5.41) is 1.16. The number of ether oxygens (including phenoxy) is 3. The Labute approximate surface area is 156 Å². The van der Waals surface area contributed by atoms with Gasteiger partial charge in [-0.25, -0.2) is 0 Å². The molecule has 7 heteroatoms. The van der Waals surface area contributed by atoms with Crippen molar-refractivity contribution in [3.63, 3.8) is 0 Å². The minimum Gasteiger partial charge on any atom is -0.493 e. The van der Waals surface area contributed by atoms with E-state index in [4.69, 9.17) is 54.7 Å². The molecule has 0 saturated carbocycles. The molecule has 0 aliphatic rings. The van der Waals surface area contributed by atoms with Crippen LogP contribution in [0.1, 0.15) is 5.56 Å². The lowest BCUT2D eigenvalue weighted by Crippen LogP contribution is -2.12. The molecule has 0 fully saturated rings. The van der Waals surface area contributed by atoms with Crippen LogP contribution in [0.2, 0.25) is 15.1 Å². The molecule has 0 saturated heterocycles. The van der Waals surface area contributed by atoms with E-state index in [2.05, 4.69) is 0 Å². The summed E-state index contributed by atoms with van der Waals surface area (Å²) >= 11 is 18.0. The topological polar surface area (TPSA) is 53.7 Å². The Morgan fingerprint density at radius 3 is 2.17 bits per heavy atom. The number of rotatable bonds is 8. The SMILES string of the molecule is COc1cccc(CCN)c1OCCOc1c(Cl)cc(Cl)cc1Cl. The lowest BCUT2D eigenvalue weighted by Gasteiger charge is -2.15. The number of methoxy groups -OCH3 is 1. The quantitative estimate of drug-likeness (QED) is 0.669. The second-order valence-electron chi connectivity index (χ2n) is 4.88. The first kappa shape index (κ1) is 19.0. The van der Waals surface area contributed by atoms with E-state index in [0.29, 0.717) is 51.9 Å². The first-order valence-electron chi connectivity index (χ1n) is 7.33. The largest absolute Gasteiger partial charge is 0.493 e. The normalized spacial score (nSPS) is 10.5. The van der Waals surface area contributed by atoms with Crippen molar-refractivity contribution in [3.05, 3.63) is 51.0 Å². The number of benzene rings is 2. The molecule has 0 aliphatic carbocycles. The Balaban J connectivity index is 2.00. The highest BCUT2D eigenvalue weighted by Gasteiger charge is 2.12. The van der Waals surface area contributed by atoms with E-state index in [1.165, 1.54) is 0 Å². The highest BCUT2D eigenvalue weighted by Crippen LogP contribution is 2.36. The monoisotopic (exact) mass is 389 g/mol. The lowest BCUT2D eigenvalue weighted by molar-refractivity contribution is 0.210. The Hall–Kier alpha value is -1.33. The molecule has 0 heterocycles. The maximum Gasteiger partial charge on any atom is 0.164 e. The maximum atomic E-state index is 6.08. The Kier molecular flexibility index (Phi) is 7.31. The molecule has 0 unspecified atom stereocenters. The van der Waals surface area contributed by atoms with E-state index in [0.717, 1.165) is 5.56 Å². The number of para-hydroxylation sites is 1. The second kappa shape index (κ2) is 9.23. The molecule has 130 valence electrons. The molecular formula is C17H18Cl3NO3. The molecule has 0 radical (unpaired) electrons. The van der Waals surface area contributed by atoms with E-state index in [1.54, 1.807) is 19.2 Å².